The predicted octanol–water partition coefficient (Wildman–Crippen LogP) is 3.42. The molecule has 0 aliphatic rings. The number of nitrogens with zero attached hydrogens (tertiary/aromatic N) is 3. The Bertz CT molecular complexity index is 502. The van der Waals surface area contributed by atoms with Gasteiger partial charge in [-0.15, -0.1) is 0 Å². The van der Waals surface area contributed by atoms with Crippen molar-refractivity contribution in [3.8, 4) is 0 Å². The zero-order valence-electron chi connectivity index (χ0n) is 9.27. The molecule has 5 heteroatoms. The molecule has 3 nitrogen and oxygen atoms in total. The van der Waals surface area contributed by atoms with Crippen molar-refractivity contribution in [2.24, 2.45) is 0 Å². The first kappa shape index (κ1) is 12.1. The highest BCUT2D eigenvalue weighted by Crippen LogP contribution is 2.25. The molecule has 0 unspecified atom stereocenters. The van der Waals surface area contributed by atoms with Crippen LogP contribution in [0.1, 0.15) is 5.69 Å². The van der Waals surface area contributed by atoms with Crippen LogP contribution >= 0.6 is 23.2 Å². The minimum Gasteiger partial charge on any atom is -0.353 e. The van der Waals surface area contributed by atoms with Crippen LogP contribution in [0.4, 0.5) is 5.82 Å². The fraction of sp³-hybridized carbons (Fsp3) is 0.167. The Balaban J connectivity index is 2.17. The molecule has 2 aromatic rings. The Kier molecular flexibility index (Phi) is 3.82. The lowest BCUT2D eigenvalue weighted by Gasteiger charge is -2.18. The molecule has 0 aliphatic carbocycles. The maximum atomic E-state index is 6.08. The van der Waals surface area contributed by atoms with Gasteiger partial charge >= 0.3 is 0 Å². The van der Waals surface area contributed by atoms with Crippen molar-refractivity contribution in [1.82, 2.24) is 9.97 Å². The maximum absolute atomic E-state index is 6.08. The monoisotopic (exact) mass is 267 g/mol. The van der Waals surface area contributed by atoms with Gasteiger partial charge in [-0.05, 0) is 18.2 Å². The summed E-state index contributed by atoms with van der Waals surface area (Å²) in [7, 11) is 1.91. The van der Waals surface area contributed by atoms with Crippen LogP contribution < -0.4 is 4.90 Å². The SMILES string of the molecule is CN(Cc1ccccn1)c1ncc(Cl)cc1Cl. The number of pyridine rings is 2. The van der Waals surface area contributed by atoms with Gasteiger partial charge in [-0.3, -0.25) is 4.98 Å². The summed E-state index contributed by atoms with van der Waals surface area (Å²) in [6.07, 6.45) is 3.35. The molecular formula is C12H11Cl2N3. The molecule has 0 spiro atoms. The Labute approximate surface area is 110 Å². The first-order valence-corrected chi connectivity index (χ1v) is 5.84. The molecule has 0 aromatic carbocycles. The second-order valence-corrected chi connectivity index (χ2v) is 4.48. The van der Waals surface area contributed by atoms with Crippen LogP contribution in [0.25, 0.3) is 0 Å². The van der Waals surface area contributed by atoms with Gasteiger partial charge in [0.25, 0.3) is 0 Å². The molecule has 0 bridgehead atoms. The molecule has 17 heavy (non-hydrogen) atoms. The molecule has 0 radical (unpaired) electrons. The van der Waals surface area contributed by atoms with Gasteiger partial charge in [0.15, 0.2) is 0 Å². The smallest absolute Gasteiger partial charge is 0.147 e. The van der Waals surface area contributed by atoms with Gasteiger partial charge in [0.05, 0.1) is 22.3 Å². The first-order valence-electron chi connectivity index (χ1n) is 5.09. The molecule has 0 aliphatic heterocycles. The number of aromatic nitrogens is 2. The summed E-state index contributed by atoms with van der Waals surface area (Å²) in [6, 6.07) is 7.48. The number of rotatable bonds is 3. The van der Waals surface area contributed by atoms with Gasteiger partial charge in [0.1, 0.15) is 5.82 Å². The summed E-state index contributed by atoms with van der Waals surface area (Å²) in [4.78, 5) is 10.4. The van der Waals surface area contributed by atoms with E-state index in [0.29, 0.717) is 22.4 Å². The van der Waals surface area contributed by atoms with Crippen LogP contribution in [0.5, 0.6) is 0 Å². The Morgan fingerprint density at radius 1 is 1.24 bits per heavy atom. The largest absolute Gasteiger partial charge is 0.353 e. The zero-order valence-corrected chi connectivity index (χ0v) is 10.8. The van der Waals surface area contributed by atoms with Gasteiger partial charge < -0.3 is 4.90 Å². The molecule has 2 heterocycles. The van der Waals surface area contributed by atoms with Gasteiger partial charge in [-0.25, -0.2) is 4.98 Å². The highest BCUT2D eigenvalue weighted by atomic mass is 35.5. The number of hydrogen-bond acceptors (Lipinski definition) is 3. The van der Waals surface area contributed by atoms with E-state index in [2.05, 4.69) is 9.97 Å². The van der Waals surface area contributed by atoms with E-state index in [1.807, 2.05) is 30.1 Å². The summed E-state index contributed by atoms with van der Waals surface area (Å²) < 4.78 is 0. The van der Waals surface area contributed by atoms with Crippen LogP contribution in [-0.4, -0.2) is 17.0 Å². The van der Waals surface area contributed by atoms with Crippen LogP contribution in [0.2, 0.25) is 10.0 Å². The fourth-order valence-corrected chi connectivity index (χ4v) is 2.02. The fourth-order valence-electron chi connectivity index (χ4n) is 1.50. The third-order valence-corrected chi connectivity index (χ3v) is 2.76. The van der Waals surface area contributed by atoms with Crippen LogP contribution in [0.15, 0.2) is 36.7 Å². The highest BCUT2D eigenvalue weighted by Gasteiger charge is 2.09. The molecule has 0 fully saturated rings. The summed E-state index contributed by atoms with van der Waals surface area (Å²) in [6.45, 7) is 0.648. The van der Waals surface area contributed by atoms with E-state index in [1.54, 1.807) is 18.5 Å². The topological polar surface area (TPSA) is 29.0 Å². The molecule has 0 saturated heterocycles. The molecule has 0 amide bonds. The number of halogens is 2. The summed E-state index contributed by atoms with van der Waals surface area (Å²) in [5.74, 6) is 0.696. The van der Waals surface area contributed by atoms with Crippen LogP contribution in [0.3, 0.4) is 0 Å². The van der Waals surface area contributed by atoms with Crippen LogP contribution in [0, 0.1) is 0 Å². The second-order valence-electron chi connectivity index (χ2n) is 3.64. The lowest BCUT2D eigenvalue weighted by Crippen LogP contribution is -2.18. The van der Waals surface area contributed by atoms with Gasteiger partial charge in [-0.1, -0.05) is 29.3 Å². The minimum atomic E-state index is 0.532. The molecule has 0 atom stereocenters. The van der Waals surface area contributed by atoms with E-state index in [0.717, 1.165) is 5.69 Å². The van der Waals surface area contributed by atoms with Crippen molar-refractivity contribution in [1.29, 1.82) is 0 Å². The third-order valence-electron chi connectivity index (χ3n) is 2.28. The summed E-state index contributed by atoms with van der Waals surface area (Å²) in [5.41, 5.74) is 0.961. The van der Waals surface area contributed by atoms with E-state index < -0.39 is 0 Å². The second kappa shape index (κ2) is 5.34. The van der Waals surface area contributed by atoms with E-state index in [-0.39, 0.29) is 0 Å². The lowest BCUT2D eigenvalue weighted by molar-refractivity contribution is 0.866. The Morgan fingerprint density at radius 2 is 2.06 bits per heavy atom. The number of anilines is 1. The van der Waals surface area contributed by atoms with E-state index in [1.165, 1.54) is 0 Å². The zero-order chi connectivity index (χ0) is 12.3. The predicted molar refractivity (Wildman–Crippen MR) is 70.6 cm³/mol. The maximum Gasteiger partial charge on any atom is 0.147 e. The molecule has 88 valence electrons. The van der Waals surface area contributed by atoms with Crippen molar-refractivity contribution in [3.05, 3.63) is 52.4 Å². The first-order chi connectivity index (χ1) is 8.16. The Hall–Kier alpha value is -1.32. The average Bonchev–Trinajstić information content (AvgIpc) is 2.30. The van der Waals surface area contributed by atoms with Crippen molar-refractivity contribution in [2.75, 3.05) is 11.9 Å². The van der Waals surface area contributed by atoms with Gasteiger partial charge in [0, 0.05) is 19.4 Å². The third kappa shape index (κ3) is 3.08. The minimum absolute atomic E-state index is 0.532. The molecule has 2 aromatic heterocycles. The molecule has 0 N–H and O–H groups in total. The summed E-state index contributed by atoms with van der Waals surface area (Å²) >= 11 is 11.9. The average molecular weight is 268 g/mol. The van der Waals surface area contributed by atoms with Crippen LogP contribution in [-0.2, 0) is 6.54 Å². The van der Waals surface area contributed by atoms with Crippen molar-refractivity contribution >= 4 is 29.0 Å². The molecule has 2 rings (SSSR count). The quantitative estimate of drug-likeness (QED) is 0.854. The molecular weight excluding hydrogens is 257 g/mol. The van der Waals surface area contributed by atoms with Gasteiger partial charge in [-0.2, -0.15) is 0 Å². The molecule has 0 saturated carbocycles. The Morgan fingerprint density at radius 3 is 2.71 bits per heavy atom. The number of hydrogen-bond donors (Lipinski definition) is 0. The van der Waals surface area contributed by atoms with Crippen molar-refractivity contribution in [2.45, 2.75) is 6.54 Å². The van der Waals surface area contributed by atoms with E-state index in [9.17, 15) is 0 Å². The standard InChI is InChI=1S/C12H11Cl2N3/c1-17(8-10-4-2-3-5-15-10)12-11(14)6-9(13)7-16-12/h2-7H,8H2,1H3. The van der Waals surface area contributed by atoms with Crippen molar-refractivity contribution < 1.29 is 0 Å². The van der Waals surface area contributed by atoms with Crippen molar-refractivity contribution in [3.63, 3.8) is 0 Å². The van der Waals surface area contributed by atoms with Gasteiger partial charge in [0.2, 0.25) is 0 Å². The normalized spacial score (nSPS) is 10.3. The summed E-state index contributed by atoms with van der Waals surface area (Å²) in [5, 5.41) is 1.07. The highest BCUT2D eigenvalue weighted by molar-refractivity contribution is 6.35. The lowest BCUT2D eigenvalue weighted by atomic mass is 10.3. The van der Waals surface area contributed by atoms with E-state index in [4.69, 9.17) is 23.2 Å². The van der Waals surface area contributed by atoms with E-state index >= 15 is 0 Å².